The second-order valence-corrected chi connectivity index (χ2v) is 6.39. The SMILES string of the molecule is CC(C)(C)NC(=O)c1ccc(C(C)(C)C)cn1. The van der Waals surface area contributed by atoms with Crippen molar-refractivity contribution in [1.82, 2.24) is 10.3 Å². The Balaban J connectivity index is 2.85. The van der Waals surface area contributed by atoms with E-state index < -0.39 is 0 Å². The van der Waals surface area contributed by atoms with E-state index in [1.807, 2.05) is 26.8 Å². The Morgan fingerprint density at radius 3 is 2.06 bits per heavy atom. The summed E-state index contributed by atoms with van der Waals surface area (Å²) in [6.45, 7) is 12.2. The summed E-state index contributed by atoms with van der Waals surface area (Å²) in [7, 11) is 0. The normalized spacial score (nSPS) is 12.4. The fraction of sp³-hybridized carbons (Fsp3) is 0.571. The lowest BCUT2D eigenvalue weighted by molar-refractivity contribution is 0.0914. The van der Waals surface area contributed by atoms with E-state index in [2.05, 4.69) is 31.1 Å². The maximum atomic E-state index is 11.8. The Bertz CT molecular complexity index is 394. The number of carbonyl (C=O) groups is 1. The largest absolute Gasteiger partial charge is 0.346 e. The second kappa shape index (κ2) is 4.47. The van der Waals surface area contributed by atoms with Gasteiger partial charge in [-0.15, -0.1) is 0 Å². The highest BCUT2D eigenvalue weighted by molar-refractivity contribution is 5.92. The number of hydrogen-bond acceptors (Lipinski definition) is 2. The molecule has 0 fully saturated rings. The van der Waals surface area contributed by atoms with Gasteiger partial charge in [0.1, 0.15) is 5.69 Å². The molecule has 3 heteroatoms. The average molecular weight is 234 g/mol. The number of amides is 1. The Hall–Kier alpha value is -1.38. The highest BCUT2D eigenvalue weighted by Gasteiger charge is 2.18. The van der Waals surface area contributed by atoms with Crippen molar-refractivity contribution in [3.8, 4) is 0 Å². The molecule has 1 amide bonds. The number of rotatable bonds is 1. The van der Waals surface area contributed by atoms with Crippen LogP contribution in [0.5, 0.6) is 0 Å². The van der Waals surface area contributed by atoms with Crippen molar-refractivity contribution in [2.24, 2.45) is 0 Å². The van der Waals surface area contributed by atoms with Crippen LogP contribution in [0, 0.1) is 0 Å². The number of hydrogen-bond donors (Lipinski definition) is 1. The van der Waals surface area contributed by atoms with Crippen LogP contribution in [0.15, 0.2) is 18.3 Å². The summed E-state index contributed by atoms with van der Waals surface area (Å²) >= 11 is 0. The zero-order valence-electron chi connectivity index (χ0n) is 11.6. The fourth-order valence-electron chi connectivity index (χ4n) is 1.38. The van der Waals surface area contributed by atoms with Gasteiger partial charge in [-0.25, -0.2) is 0 Å². The maximum Gasteiger partial charge on any atom is 0.270 e. The summed E-state index contributed by atoms with van der Waals surface area (Å²) < 4.78 is 0. The van der Waals surface area contributed by atoms with Gasteiger partial charge < -0.3 is 5.32 Å². The molecule has 0 aliphatic rings. The van der Waals surface area contributed by atoms with Crippen LogP contribution in [-0.2, 0) is 5.41 Å². The van der Waals surface area contributed by atoms with E-state index in [9.17, 15) is 4.79 Å². The lowest BCUT2D eigenvalue weighted by atomic mass is 9.88. The van der Waals surface area contributed by atoms with Crippen molar-refractivity contribution < 1.29 is 4.79 Å². The topological polar surface area (TPSA) is 42.0 Å². The van der Waals surface area contributed by atoms with E-state index in [-0.39, 0.29) is 16.9 Å². The van der Waals surface area contributed by atoms with Crippen LogP contribution in [0.25, 0.3) is 0 Å². The lowest BCUT2D eigenvalue weighted by Gasteiger charge is -2.21. The van der Waals surface area contributed by atoms with E-state index in [1.54, 1.807) is 12.3 Å². The summed E-state index contributed by atoms with van der Waals surface area (Å²) in [5, 5.41) is 2.89. The molecular formula is C14H22N2O. The molecule has 0 aromatic carbocycles. The van der Waals surface area contributed by atoms with Gasteiger partial charge in [0.05, 0.1) is 0 Å². The zero-order valence-corrected chi connectivity index (χ0v) is 11.6. The molecule has 1 aromatic heterocycles. The third-order valence-corrected chi connectivity index (χ3v) is 2.35. The molecule has 0 bridgehead atoms. The molecule has 3 nitrogen and oxygen atoms in total. The van der Waals surface area contributed by atoms with E-state index in [0.717, 1.165) is 5.56 Å². The smallest absolute Gasteiger partial charge is 0.270 e. The molecule has 1 rings (SSSR count). The van der Waals surface area contributed by atoms with Crippen LogP contribution in [0.1, 0.15) is 57.6 Å². The van der Waals surface area contributed by atoms with Gasteiger partial charge in [0, 0.05) is 11.7 Å². The van der Waals surface area contributed by atoms with Crippen LogP contribution in [0.4, 0.5) is 0 Å². The summed E-state index contributed by atoms with van der Waals surface area (Å²) in [4.78, 5) is 16.1. The molecule has 0 unspecified atom stereocenters. The van der Waals surface area contributed by atoms with Crippen molar-refractivity contribution in [1.29, 1.82) is 0 Å². The van der Waals surface area contributed by atoms with Gasteiger partial charge in [-0.3, -0.25) is 9.78 Å². The van der Waals surface area contributed by atoms with E-state index >= 15 is 0 Å². The summed E-state index contributed by atoms with van der Waals surface area (Å²) in [6.07, 6.45) is 1.78. The van der Waals surface area contributed by atoms with E-state index in [4.69, 9.17) is 0 Å². The van der Waals surface area contributed by atoms with E-state index in [0.29, 0.717) is 5.69 Å². The molecule has 0 aliphatic heterocycles. The van der Waals surface area contributed by atoms with Crippen molar-refractivity contribution in [3.05, 3.63) is 29.6 Å². The molecule has 1 aromatic rings. The number of pyridine rings is 1. The molecule has 0 aliphatic carbocycles. The number of carbonyl (C=O) groups excluding carboxylic acids is 1. The third-order valence-electron chi connectivity index (χ3n) is 2.35. The lowest BCUT2D eigenvalue weighted by Crippen LogP contribution is -2.40. The predicted molar refractivity (Wildman–Crippen MR) is 70.2 cm³/mol. The van der Waals surface area contributed by atoms with Gasteiger partial charge in [-0.2, -0.15) is 0 Å². The molecular weight excluding hydrogens is 212 g/mol. The monoisotopic (exact) mass is 234 g/mol. The van der Waals surface area contributed by atoms with Crippen LogP contribution < -0.4 is 5.32 Å². The average Bonchev–Trinajstić information content (AvgIpc) is 2.14. The van der Waals surface area contributed by atoms with Crippen molar-refractivity contribution in [2.45, 2.75) is 52.5 Å². The quantitative estimate of drug-likeness (QED) is 0.811. The van der Waals surface area contributed by atoms with Gasteiger partial charge in [0.15, 0.2) is 0 Å². The minimum absolute atomic E-state index is 0.0615. The number of aromatic nitrogens is 1. The molecule has 0 radical (unpaired) electrons. The van der Waals surface area contributed by atoms with Crippen LogP contribution in [-0.4, -0.2) is 16.4 Å². The first-order valence-corrected chi connectivity index (χ1v) is 5.89. The first-order chi connectivity index (χ1) is 7.59. The molecule has 94 valence electrons. The first kappa shape index (κ1) is 13.7. The Morgan fingerprint density at radius 2 is 1.71 bits per heavy atom. The van der Waals surface area contributed by atoms with Crippen LogP contribution in [0.3, 0.4) is 0 Å². The van der Waals surface area contributed by atoms with Gasteiger partial charge in [-0.05, 0) is 37.8 Å². The Kier molecular flexibility index (Phi) is 3.60. The fourth-order valence-corrected chi connectivity index (χ4v) is 1.38. The standard InChI is InChI=1S/C14H22N2O/c1-13(2,3)10-7-8-11(15-9-10)12(17)16-14(4,5)6/h7-9H,1-6H3,(H,16,17). The van der Waals surface area contributed by atoms with Gasteiger partial charge in [0.25, 0.3) is 5.91 Å². The van der Waals surface area contributed by atoms with Gasteiger partial charge in [-0.1, -0.05) is 26.8 Å². The minimum Gasteiger partial charge on any atom is -0.346 e. The Morgan fingerprint density at radius 1 is 1.12 bits per heavy atom. The third kappa shape index (κ3) is 4.17. The molecule has 1 N–H and O–H groups in total. The zero-order chi connectivity index (χ0) is 13.3. The molecule has 1 heterocycles. The minimum atomic E-state index is -0.235. The molecule has 0 saturated carbocycles. The Labute approximate surface area is 104 Å². The number of nitrogens with zero attached hydrogens (tertiary/aromatic N) is 1. The maximum absolute atomic E-state index is 11.8. The van der Waals surface area contributed by atoms with Crippen molar-refractivity contribution >= 4 is 5.91 Å². The van der Waals surface area contributed by atoms with Gasteiger partial charge in [0.2, 0.25) is 0 Å². The molecule has 0 spiro atoms. The van der Waals surface area contributed by atoms with Crippen molar-refractivity contribution in [2.75, 3.05) is 0 Å². The first-order valence-electron chi connectivity index (χ1n) is 5.89. The van der Waals surface area contributed by atoms with Crippen molar-refractivity contribution in [3.63, 3.8) is 0 Å². The predicted octanol–water partition coefficient (Wildman–Crippen LogP) is 2.91. The molecule has 0 atom stereocenters. The number of nitrogens with one attached hydrogen (secondary N) is 1. The summed E-state index contributed by atoms with van der Waals surface area (Å²) in [5.74, 6) is -0.127. The summed E-state index contributed by atoms with van der Waals surface area (Å²) in [6, 6.07) is 3.74. The summed E-state index contributed by atoms with van der Waals surface area (Å²) in [5.41, 5.74) is 1.42. The van der Waals surface area contributed by atoms with Crippen LogP contribution >= 0.6 is 0 Å². The highest BCUT2D eigenvalue weighted by Crippen LogP contribution is 2.21. The van der Waals surface area contributed by atoms with Gasteiger partial charge >= 0.3 is 0 Å². The molecule has 17 heavy (non-hydrogen) atoms. The second-order valence-electron chi connectivity index (χ2n) is 6.39. The highest BCUT2D eigenvalue weighted by atomic mass is 16.2. The van der Waals surface area contributed by atoms with Crippen LogP contribution in [0.2, 0.25) is 0 Å². The van der Waals surface area contributed by atoms with E-state index in [1.165, 1.54) is 0 Å². The molecule has 0 saturated heterocycles.